The Labute approximate surface area is 97.8 Å². The zero-order valence-electron chi connectivity index (χ0n) is 8.45. The van der Waals surface area contributed by atoms with Gasteiger partial charge in [-0.2, -0.15) is 0 Å². The van der Waals surface area contributed by atoms with Crippen LogP contribution in [0.3, 0.4) is 0 Å². The van der Waals surface area contributed by atoms with Crippen LogP contribution in [0, 0.1) is 0 Å². The van der Waals surface area contributed by atoms with Gasteiger partial charge in [0.25, 0.3) is 0 Å². The molecule has 0 bridgehead atoms. The van der Waals surface area contributed by atoms with Gasteiger partial charge in [-0.1, -0.05) is 15.9 Å². The van der Waals surface area contributed by atoms with E-state index in [0.29, 0.717) is 5.75 Å². The van der Waals surface area contributed by atoms with Crippen molar-refractivity contribution in [2.24, 2.45) is 0 Å². The Kier molecular flexibility index (Phi) is 4.12. The number of sulfonamides is 1. The van der Waals surface area contributed by atoms with Crippen LogP contribution in [-0.4, -0.2) is 21.8 Å². The molecule has 0 aliphatic carbocycles. The summed E-state index contributed by atoms with van der Waals surface area (Å²) < 4.78 is 30.3. The SMILES string of the molecule is COc1ccc(Br)cc1CNS(C)(=O)=O. The van der Waals surface area contributed by atoms with Crippen molar-refractivity contribution >= 4 is 26.0 Å². The number of halogens is 1. The summed E-state index contributed by atoms with van der Waals surface area (Å²) >= 11 is 3.31. The summed E-state index contributed by atoms with van der Waals surface area (Å²) in [5.41, 5.74) is 0.789. The first kappa shape index (κ1) is 12.5. The average Bonchev–Trinajstić information content (AvgIpc) is 2.14. The summed E-state index contributed by atoms with van der Waals surface area (Å²) in [6.45, 7) is 0.224. The minimum Gasteiger partial charge on any atom is -0.496 e. The summed E-state index contributed by atoms with van der Waals surface area (Å²) in [7, 11) is -1.63. The molecule has 1 rings (SSSR count). The fraction of sp³-hybridized carbons (Fsp3) is 0.333. The van der Waals surface area contributed by atoms with Crippen molar-refractivity contribution in [1.29, 1.82) is 0 Å². The molecule has 0 amide bonds. The van der Waals surface area contributed by atoms with Gasteiger partial charge < -0.3 is 4.74 Å². The molecule has 0 heterocycles. The fourth-order valence-corrected chi connectivity index (χ4v) is 1.92. The summed E-state index contributed by atoms with van der Waals surface area (Å²) in [6.07, 6.45) is 1.12. The molecule has 1 aromatic carbocycles. The van der Waals surface area contributed by atoms with Gasteiger partial charge in [0, 0.05) is 16.6 Å². The van der Waals surface area contributed by atoms with Crippen molar-refractivity contribution in [2.75, 3.05) is 13.4 Å². The Bertz CT molecular complexity index is 445. The van der Waals surface area contributed by atoms with Crippen LogP contribution in [0.2, 0.25) is 0 Å². The van der Waals surface area contributed by atoms with Crippen LogP contribution in [0.5, 0.6) is 5.75 Å². The van der Waals surface area contributed by atoms with Gasteiger partial charge in [0.1, 0.15) is 5.75 Å². The van der Waals surface area contributed by atoms with Crippen LogP contribution in [0.1, 0.15) is 5.56 Å². The second-order valence-electron chi connectivity index (χ2n) is 3.05. The molecule has 0 aromatic heterocycles. The Morgan fingerprint density at radius 2 is 2.13 bits per heavy atom. The minimum atomic E-state index is -3.18. The van der Waals surface area contributed by atoms with Crippen molar-refractivity contribution in [3.05, 3.63) is 28.2 Å². The molecule has 0 aliphatic rings. The number of ether oxygens (including phenoxy) is 1. The molecular weight excluding hydrogens is 282 g/mol. The normalized spacial score (nSPS) is 11.4. The zero-order chi connectivity index (χ0) is 11.5. The summed E-state index contributed by atoms with van der Waals surface area (Å²) in [6, 6.07) is 5.43. The standard InChI is InChI=1S/C9H12BrNO3S/c1-14-9-4-3-8(10)5-7(9)6-11-15(2,12)13/h3-5,11H,6H2,1-2H3. The molecule has 84 valence electrons. The predicted molar refractivity (Wildman–Crippen MR) is 62.4 cm³/mol. The topological polar surface area (TPSA) is 55.4 Å². The largest absolute Gasteiger partial charge is 0.496 e. The van der Waals surface area contributed by atoms with E-state index in [2.05, 4.69) is 20.7 Å². The Hall–Kier alpha value is -0.590. The molecular formula is C9H12BrNO3S. The van der Waals surface area contributed by atoms with Gasteiger partial charge in [-0.25, -0.2) is 13.1 Å². The van der Waals surface area contributed by atoms with Crippen molar-refractivity contribution in [1.82, 2.24) is 4.72 Å². The molecule has 0 saturated heterocycles. The molecule has 1 aromatic rings. The van der Waals surface area contributed by atoms with E-state index in [4.69, 9.17) is 4.74 Å². The van der Waals surface area contributed by atoms with E-state index in [9.17, 15) is 8.42 Å². The lowest BCUT2D eigenvalue weighted by Gasteiger charge is -2.09. The minimum absolute atomic E-state index is 0.224. The second kappa shape index (κ2) is 4.96. The third kappa shape index (κ3) is 4.19. The molecule has 0 unspecified atom stereocenters. The van der Waals surface area contributed by atoms with Gasteiger partial charge >= 0.3 is 0 Å². The van der Waals surface area contributed by atoms with Gasteiger partial charge in [-0.15, -0.1) is 0 Å². The monoisotopic (exact) mass is 293 g/mol. The van der Waals surface area contributed by atoms with Crippen LogP contribution in [0.4, 0.5) is 0 Å². The average molecular weight is 294 g/mol. The van der Waals surface area contributed by atoms with E-state index < -0.39 is 10.0 Å². The maximum absolute atomic E-state index is 10.9. The third-order valence-corrected chi connectivity index (χ3v) is 2.93. The highest BCUT2D eigenvalue weighted by Gasteiger charge is 2.06. The van der Waals surface area contributed by atoms with Crippen LogP contribution in [-0.2, 0) is 16.6 Å². The number of rotatable bonds is 4. The predicted octanol–water partition coefficient (Wildman–Crippen LogP) is 1.51. The quantitative estimate of drug-likeness (QED) is 0.915. The number of hydrogen-bond donors (Lipinski definition) is 1. The molecule has 0 aliphatic heterocycles. The molecule has 15 heavy (non-hydrogen) atoms. The highest BCUT2D eigenvalue weighted by molar-refractivity contribution is 9.10. The molecule has 0 spiro atoms. The second-order valence-corrected chi connectivity index (χ2v) is 5.80. The Morgan fingerprint density at radius 1 is 1.47 bits per heavy atom. The van der Waals surface area contributed by atoms with Crippen LogP contribution >= 0.6 is 15.9 Å². The van der Waals surface area contributed by atoms with Crippen molar-refractivity contribution in [2.45, 2.75) is 6.54 Å². The van der Waals surface area contributed by atoms with Crippen molar-refractivity contribution in [3.63, 3.8) is 0 Å². The van der Waals surface area contributed by atoms with E-state index in [1.54, 1.807) is 13.2 Å². The van der Waals surface area contributed by atoms with E-state index in [1.807, 2.05) is 12.1 Å². The van der Waals surface area contributed by atoms with Gasteiger partial charge in [-0.3, -0.25) is 0 Å². The van der Waals surface area contributed by atoms with E-state index >= 15 is 0 Å². The highest BCUT2D eigenvalue weighted by atomic mass is 79.9. The summed E-state index contributed by atoms with van der Waals surface area (Å²) in [4.78, 5) is 0. The lowest BCUT2D eigenvalue weighted by Crippen LogP contribution is -2.21. The zero-order valence-corrected chi connectivity index (χ0v) is 10.9. The van der Waals surface area contributed by atoms with Crippen molar-refractivity contribution < 1.29 is 13.2 Å². The maximum Gasteiger partial charge on any atom is 0.209 e. The number of methoxy groups -OCH3 is 1. The number of hydrogen-bond acceptors (Lipinski definition) is 3. The maximum atomic E-state index is 10.9. The van der Waals surface area contributed by atoms with Crippen LogP contribution in [0.15, 0.2) is 22.7 Å². The molecule has 0 atom stereocenters. The van der Waals surface area contributed by atoms with Crippen molar-refractivity contribution in [3.8, 4) is 5.75 Å². The number of benzene rings is 1. The van der Waals surface area contributed by atoms with Gasteiger partial charge in [-0.05, 0) is 18.2 Å². The molecule has 0 saturated carbocycles. The highest BCUT2D eigenvalue weighted by Crippen LogP contribution is 2.22. The van der Waals surface area contributed by atoms with Crippen LogP contribution in [0.25, 0.3) is 0 Å². The fourth-order valence-electron chi connectivity index (χ4n) is 1.09. The molecule has 6 heteroatoms. The van der Waals surface area contributed by atoms with Crippen LogP contribution < -0.4 is 9.46 Å². The Morgan fingerprint density at radius 3 is 2.67 bits per heavy atom. The first-order valence-electron chi connectivity index (χ1n) is 4.19. The summed E-state index contributed by atoms with van der Waals surface area (Å²) in [5.74, 6) is 0.661. The van der Waals surface area contributed by atoms with Gasteiger partial charge in [0.2, 0.25) is 10.0 Å². The van der Waals surface area contributed by atoms with E-state index in [-0.39, 0.29) is 6.54 Å². The summed E-state index contributed by atoms with van der Waals surface area (Å²) in [5, 5.41) is 0. The van der Waals surface area contributed by atoms with E-state index in [0.717, 1.165) is 16.3 Å². The first-order valence-corrected chi connectivity index (χ1v) is 6.88. The lowest BCUT2D eigenvalue weighted by molar-refractivity contribution is 0.409. The smallest absolute Gasteiger partial charge is 0.209 e. The molecule has 4 nitrogen and oxygen atoms in total. The molecule has 0 fully saturated rings. The lowest BCUT2D eigenvalue weighted by atomic mass is 10.2. The third-order valence-electron chi connectivity index (χ3n) is 1.77. The molecule has 0 radical (unpaired) electrons. The first-order chi connectivity index (χ1) is 6.92. The molecule has 1 N–H and O–H groups in total. The Balaban J connectivity index is 2.88. The van der Waals surface area contributed by atoms with Gasteiger partial charge in [0.05, 0.1) is 13.4 Å². The van der Waals surface area contributed by atoms with E-state index in [1.165, 1.54) is 0 Å². The number of nitrogens with one attached hydrogen (secondary N) is 1. The van der Waals surface area contributed by atoms with Gasteiger partial charge in [0.15, 0.2) is 0 Å².